The lowest BCUT2D eigenvalue weighted by molar-refractivity contribution is 0.182. The molecule has 0 amide bonds. The predicted molar refractivity (Wildman–Crippen MR) is 74.5 cm³/mol. The molecule has 0 aromatic heterocycles. The van der Waals surface area contributed by atoms with Gasteiger partial charge in [-0.15, -0.1) is 0 Å². The minimum absolute atomic E-state index is 0.443. The van der Waals surface area contributed by atoms with Crippen molar-refractivity contribution in [1.29, 1.82) is 0 Å². The largest absolute Gasteiger partial charge is 0.490 e. The van der Waals surface area contributed by atoms with E-state index in [2.05, 4.69) is 0 Å². The minimum atomic E-state index is -0.536. The molecule has 0 aliphatic rings. The lowest BCUT2D eigenvalue weighted by Gasteiger charge is -2.13. The number of aliphatic hydroxyl groups is 1. The molecule has 0 aliphatic heterocycles. The Kier molecular flexibility index (Phi) is 4.81. The summed E-state index contributed by atoms with van der Waals surface area (Å²) in [7, 11) is 0. The van der Waals surface area contributed by atoms with E-state index in [-0.39, 0.29) is 0 Å². The van der Waals surface area contributed by atoms with Gasteiger partial charge in [0.2, 0.25) is 0 Å². The number of ether oxygens (including phenoxy) is 2. The van der Waals surface area contributed by atoms with Crippen LogP contribution in [0.2, 0.25) is 0 Å². The Bertz CT molecular complexity index is 494. The number of aliphatic hydroxyl groups excluding tert-OH is 1. The van der Waals surface area contributed by atoms with Gasteiger partial charge in [0.05, 0.1) is 6.10 Å². The summed E-state index contributed by atoms with van der Waals surface area (Å²) in [6.45, 7) is 2.64. The van der Waals surface area contributed by atoms with Crippen molar-refractivity contribution < 1.29 is 14.6 Å². The van der Waals surface area contributed by atoms with Crippen LogP contribution in [0.15, 0.2) is 54.6 Å². The first-order valence-corrected chi connectivity index (χ1v) is 6.35. The molecule has 3 nitrogen and oxygen atoms in total. The van der Waals surface area contributed by atoms with Crippen molar-refractivity contribution in [3.05, 3.63) is 60.2 Å². The molecule has 0 fully saturated rings. The molecule has 1 N–H and O–H groups in total. The fourth-order valence-electron chi connectivity index (χ4n) is 1.78. The first-order chi connectivity index (χ1) is 9.27. The molecule has 100 valence electrons. The van der Waals surface area contributed by atoms with Gasteiger partial charge in [0, 0.05) is 5.56 Å². The molecule has 1 atom stereocenters. The molecule has 19 heavy (non-hydrogen) atoms. The van der Waals surface area contributed by atoms with Crippen LogP contribution in [0.5, 0.6) is 11.5 Å². The van der Waals surface area contributed by atoms with Crippen LogP contribution in [0.1, 0.15) is 18.6 Å². The Morgan fingerprint density at radius 1 is 0.895 bits per heavy atom. The molecule has 0 saturated heterocycles. The van der Waals surface area contributed by atoms with Crippen molar-refractivity contribution in [2.45, 2.75) is 13.0 Å². The molecular weight excluding hydrogens is 240 g/mol. The summed E-state index contributed by atoms with van der Waals surface area (Å²) in [5.74, 6) is 1.53. The number of benzene rings is 2. The van der Waals surface area contributed by atoms with Crippen LogP contribution < -0.4 is 9.47 Å². The van der Waals surface area contributed by atoms with Crippen molar-refractivity contribution in [2.24, 2.45) is 0 Å². The van der Waals surface area contributed by atoms with Crippen LogP contribution in [0.4, 0.5) is 0 Å². The van der Waals surface area contributed by atoms with E-state index in [4.69, 9.17) is 9.47 Å². The molecule has 0 aliphatic carbocycles. The molecule has 0 radical (unpaired) electrons. The summed E-state index contributed by atoms with van der Waals surface area (Å²) >= 11 is 0. The smallest absolute Gasteiger partial charge is 0.125 e. The first kappa shape index (κ1) is 13.4. The highest BCUT2D eigenvalue weighted by molar-refractivity contribution is 5.34. The topological polar surface area (TPSA) is 38.7 Å². The van der Waals surface area contributed by atoms with E-state index in [0.29, 0.717) is 19.0 Å². The summed E-state index contributed by atoms with van der Waals surface area (Å²) in [5.41, 5.74) is 0.794. The van der Waals surface area contributed by atoms with E-state index in [1.165, 1.54) is 0 Å². The van der Waals surface area contributed by atoms with Crippen LogP contribution in [0.25, 0.3) is 0 Å². The van der Waals surface area contributed by atoms with Crippen LogP contribution >= 0.6 is 0 Å². The zero-order chi connectivity index (χ0) is 13.5. The van der Waals surface area contributed by atoms with Gasteiger partial charge in [-0.2, -0.15) is 0 Å². The molecular formula is C16H18O3. The van der Waals surface area contributed by atoms with Gasteiger partial charge in [-0.05, 0) is 25.1 Å². The average molecular weight is 258 g/mol. The Balaban J connectivity index is 1.83. The third-order valence-electron chi connectivity index (χ3n) is 2.72. The number of hydrogen-bond donors (Lipinski definition) is 1. The molecule has 2 aromatic rings. The van der Waals surface area contributed by atoms with Crippen LogP contribution in [-0.2, 0) is 0 Å². The lowest BCUT2D eigenvalue weighted by atomic mass is 10.1. The van der Waals surface area contributed by atoms with E-state index < -0.39 is 6.10 Å². The number of rotatable bonds is 6. The lowest BCUT2D eigenvalue weighted by Crippen LogP contribution is -2.10. The highest BCUT2D eigenvalue weighted by atomic mass is 16.5. The normalized spacial score (nSPS) is 11.9. The van der Waals surface area contributed by atoms with E-state index in [9.17, 15) is 5.11 Å². The molecule has 2 rings (SSSR count). The summed E-state index contributed by atoms with van der Waals surface area (Å²) < 4.78 is 11.2. The molecule has 0 saturated carbocycles. The molecule has 0 unspecified atom stereocenters. The quantitative estimate of drug-likeness (QED) is 0.809. The number of hydrogen-bond acceptors (Lipinski definition) is 3. The van der Waals surface area contributed by atoms with Gasteiger partial charge in [-0.3, -0.25) is 0 Å². The monoisotopic (exact) mass is 258 g/mol. The van der Waals surface area contributed by atoms with E-state index in [1.54, 1.807) is 6.92 Å². The maximum Gasteiger partial charge on any atom is 0.125 e. The van der Waals surface area contributed by atoms with Crippen LogP contribution in [0.3, 0.4) is 0 Å². The highest BCUT2D eigenvalue weighted by Crippen LogP contribution is 2.24. The molecule has 0 spiro atoms. The molecule has 0 bridgehead atoms. The summed E-state index contributed by atoms with van der Waals surface area (Å²) in [5, 5.41) is 9.63. The maximum atomic E-state index is 9.63. The molecule has 3 heteroatoms. The van der Waals surface area contributed by atoms with Gasteiger partial charge >= 0.3 is 0 Å². The summed E-state index contributed by atoms with van der Waals surface area (Å²) in [6, 6.07) is 17.1. The van der Waals surface area contributed by atoms with E-state index in [0.717, 1.165) is 11.3 Å². The maximum absolute atomic E-state index is 9.63. The standard InChI is InChI=1S/C16H18O3/c1-13(17)15-9-5-6-10-16(15)19-12-11-18-14-7-3-2-4-8-14/h2-10,13,17H,11-12H2,1H3/t13-/m1/s1. The second-order valence-electron chi connectivity index (χ2n) is 4.22. The second kappa shape index (κ2) is 6.81. The zero-order valence-corrected chi connectivity index (χ0v) is 11.0. The van der Waals surface area contributed by atoms with Gasteiger partial charge < -0.3 is 14.6 Å². The highest BCUT2D eigenvalue weighted by Gasteiger charge is 2.07. The summed E-state index contributed by atoms with van der Waals surface area (Å²) in [6.07, 6.45) is -0.536. The van der Waals surface area contributed by atoms with Crippen molar-refractivity contribution in [1.82, 2.24) is 0 Å². The van der Waals surface area contributed by atoms with E-state index >= 15 is 0 Å². The van der Waals surface area contributed by atoms with Gasteiger partial charge in [0.25, 0.3) is 0 Å². The Morgan fingerprint density at radius 3 is 2.26 bits per heavy atom. The molecule has 0 heterocycles. The number of para-hydroxylation sites is 2. The van der Waals surface area contributed by atoms with Crippen molar-refractivity contribution in [2.75, 3.05) is 13.2 Å². The second-order valence-corrected chi connectivity index (χ2v) is 4.22. The fourth-order valence-corrected chi connectivity index (χ4v) is 1.78. The van der Waals surface area contributed by atoms with Crippen LogP contribution in [-0.4, -0.2) is 18.3 Å². The Hall–Kier alpha value is -2.00. The first-order valence-electron chi connectivity index (χ1n) is 6.35. The predicted octanol–water partition coefficient (Wildman–Crippen LogP) is 3.20. The zero-order valence-electron chi connectivity index (χ0n) is 11.0. The van der Waals surface area contributed by atoms with Gasteiger partial charge in [-0.1, -0.05) is 36.4 Å². The Labute approximate surface area is 113 Å². The third kappa shape index (κ3) is 4.00. The molecule has 2 aromatic carbocycles. The SMILES string of the molecule is C[C@@H](O)c1ccccc1OCCOc1ccccc1. The average Bonchev–Trinajstić information content (AvgIpc) is 2.45. The van der Waals surface area contributed by atoms with E-state index in [1.807, 2.05) is 54.6 Å². The minimum Gasteiger partial charge on any atom is -0.490 e. The third-order valence-corrected chi connectivity index (χ3v) is 2.72. The van der Waals surface area contributed by atoms with Crippen molar-refractivity contribution in [3.63, 3.8) is 0 Å². The van der Waals surface area contributed by atoms with Crippen LogP contribution in [0, 0.1) is 0 Å². The fraction of sp³-hybridized carbons (Fsp3) is 0.250. The van der Waals surface area contributed by atoms with Crippen molar-refractivity contribution in [3.8, 4) is 11.5 Å². The Morgan fingerprint density at radius 2 is 1.53 bits per heavy atom. The van der Waals surface area contributed by atoms with Gasteiger partial charge in [-0.25, -0.2) is 0 Å². The van der Waals surface area contributed by atoms with Gasteiger partial charge in [0.1, 0.15) is 24.7 Å². The van der Waals surface area contributed by atoms with Gasteiger partial charge in [0.15, 0.2) is 0 Å². The summed E-state index contributed by atoms with van der Waals surface area (Å²) in [4.78, 5) is 0. The van der Waals surface area contributed by atoms with Crippen molar-refractivity contribution >= 4 is 0 Å².